The van der Waals surface area contributed by atoms with Gasteiger partial charge in [0.25, 0.3) is 0 Å². The fraction of sp³-hybridized carbons (Fsp3) is 0.424. The molecule has 250 valence electrons. The van der Waals surface area contributed by atoms with Crippen molar-refractivity contribution < 1.29 is 45.0 Å². The number of phenolic OH excluding ortho intramolecular Hbond substituents is 1. The molecule has 1 N–H and O–H groups in total. The molecule has 0 saturated carbocycles. The fourth-order valence-corrected chi connectivity index (χ4v) is 6.82. The first-order valence-corrected chi connectivity index (χ1v) is 19.3. The number of nitrogens with zero attached hydrogens (tertiary/aromatic N) is 1. The van der Waals surface area contributed by atoms with E-state index in [9.17, 15) is 31.7 Å². The Morgan fingerprint density at radius 2 is 1.59 bits per heavy atom. The van der Waals surface area contributed by atoms with Crippen LogP contribution in [0.15, 0.2) is 66.7 Å². The van der Waals surface area contributed by atoms with Crippen LogP contribution in [0.3, 0.4) is 0 Å². The van der Waals surface area contributed by atoms with E-state index in [1.54, 1.807) is 24.3 Å². The van der Waals surface area contributed by atoms with Crippen molar-refractivity contribution in [3.8, 4) is 11.5 Å². The summed E-state index contributed by atoms with van der Waals surface area (Å²) in [5.74, 6) is -1.36. The van der Waals surface area contributed by atoms with Crippen LogP contribution in [0.2, 0.25) is 18.1 Å². The molecule has 0 aliphatic carbocycles. The average molecular weight is 677 g/mol. The summed E-state index contributed by atoms with van der Waals surface area (Å²) in [5, 5.41) is 11.0. The Morgan fingerprint density at radius 1 is 0.978 bits per heavy atom. The van der Waals surface area contributed by atoms with Crippen molar-refractivity contribution in [2.75, 3.05) is 18.1 Å². The monoisotopic (exact) mass is 676 g/mol. The Morgan fingerprint density at radius 3 is 2.15 bits per heavy atom. The first-order chi connectivity index (χ1) is 21.5. The highest BCUT2D eigenvalue weighted by Gasteiger charge is 2.50. The van der Waals surface area contributed by atoms with Gasteiger partial charge in [-0.1, -0.05) is 32.9 Å². The van der Waals surface area contributed by atoms with Crippen molar-refractivity contribution in [1.29, 1.82) is 0 Å². The second kappa shape index (κ2) is 14.2. The lowest BCUT2D eigenvalue weighted by atomic mass is 9.78. The Hall–Kier alpha value is -3.36. The lowest BCUT2D eigenvalue weighted by Gasteiger charge is -2.48. The molecule has 9 nitrogen and oxygen atoms in total. The van der Waals surface area contributed by atoms with Crippen LogP contribution in [0.4, 0.5) is 14.5 Å². The summed E-state index contributed by atoms with van der Waals surface area (Å²) >= 11 is 0. The topological polar surface area (TPSA) is 125 Å². The maximum atomic E-state index is 13.8. The molecule has 3 aromatic carbocycles. The molecule has 13 heteroatoms. The van der Waals surface area contributed by atoms with Crippen LogP contribution in [0, 0.1) is 17.6 Å². The Kier molecular flexibility index (Phi) is 10.9. The van der Waals surface area contributed by atoms with Crippen molar-refractivity contribution in [2.45, 2.75) is 70.3 Å². The Labute approximate surface area is 270 Å². The van der Waals surface area contributed by atoms with Gasteiger partial charge >= 0.3 is 0 Å². The van der Waals surface area contributed by atoms with E-state index in [1.807, 2.05) is 0 Å². The lowest BCUT2D eigenvalue weighted by molar-refractivity contribution is -0.131. The summed E-state index contributed by atoms with van der Waals surface area (Å²) in [6, 6.07) is 15.8. The number of hydrogen-bond donors (Lipinski definition) is 1. The summed E-state index contributed by atoms with van der Waals surface area (Å²) in [6.07, 6.45) is 0.594. The number of rotatable bonds is 14. The number of ether oxygens (including phenoxy) is 1. The first-order valence-electron chi connectivity index (χ1n) is 15.0. The number of hydrogen-bond acceptors (Lipinski definition) is 8. The quantitative estimate of drug-likeness (QED) is 0.0627. The SMILES string of the molecule is CC(C)(C)[Si](C)(C)O[C@@H](CC[C@H]1C(=O)N(c2ccc(F)cc2)[C@@H]1c1ccc(OCCCOS(=O)(=O)[O-])cc1O)c1ccc(F)cc1. The standard InChI is InChI=1S/C33H41F2NO8SSi/c1-33(2,3)46(4,5)44-30(22-7-9-23(34)10-8-22)18-17-28-31(36(32(28)38)25-13-11-24(35)12-14-25)27-16-15-26(21-29(27)37)42-19-6-20-43-45(39,40)41/h7-16,21,28,30-31,37H,6,17-20H2,1-5H3,(H,39,40,41)/p-1/t28-,30+,31-/m1/s1. The molecule has 0 spiro atoms. The molecular formula is C33H40F2NO8SSi-. The molecule has 46 heavy (non-hydrogen) atoms. The number of phenols is 1. The summed E-state index contributed by atoms with van der Waals surface area (Å²) in [4.78, 5) is 15.2. The van der Waals surface area contributed by atoms with E-state index in [0.717, 1.165) is 5.56 Å². The molecule has 0 unspecified atom stereocenters. The molecule has 1 aliphatic rings. The predicted octanol–water partition coefficient (Wildman–Crippen LogP) is 7.16. The minimum atomic E-state index is -4.79. The van der Waals surface area contributed by atoms with Crippen molar-refractivity contribution in [2.24, 2.45) is 5.92 Å². The van der Waals surface area contributed by atoms with Gasteiger partial charge in [0.2, 0.25) is 16.3 Å². The van der Waals surface area contributed by atoms with E-state index < -0.39 is 36.5 Å². The average Bonchev–Trinajstić information content (AvgIpc) is 2.96. The summed E-state index contributed by atoms with van der Waals surface area (Å²) in [5.41, 5.74) is 1.76. The second-order valence-corrected chi connectivity index (χ2v) is 18.7. The van der Waals surface area contributed by atoms with Gasteiger partial charge < -0.3 is 23.7 Å². The minimum absolute atomic E-state index is 0.0273. The van der Waals surface area contributed by atoms with Gasteiger partial charge in [-0.25, -0.2) is 17.2 Å². The number of carbonyl (C=O) groups excluding carboxylic acids is 1. The molecule has 1 amide bonds. The normalized spacial score (nSPS) is 17.9. The van der Waals surface area contributed by atoms with Gasteiger partial charge in [0.1, 0.15) is 23.1 Å². The van der Waals surface area contributed by atoms with Crippen molar-refractivity contribution >= 4 is 30.3 Å². The third kappa shape index (κ3) is 8.71. The molecule has 3 atom stereocenters. The highest BCUT2D eigenvalue weighted by molar-refractivity contribution is 7.80. The third-order valence-electron chi connectivity index (χ3n) is 8.65. The molecule has 1 fully saturated rings. The molecule has 0 aromatic heterocycles. The Bertz CT molecular complexity index is 1610. The van der Waals surface area contributed by atoms with Gasteiger partial charge in [0, 0.05) is 23.7 Å². The molecule has 0 bridgehead atoms. The van der Waals surface area contributed by atoms with E-state index in [0.29, 0.717) is 29.8 Å². The van der Waals surface area contributed by atoms with Crippen molar-refractivity contribution in [3.05, 3.63) is 89.5 Å². The van der Waals surface area contributed by atoms with E-state index in [1.165, 1.54) is 47.4 Å². The number of β-lactam (4-membered cyclic amide) rings is 1. The number of halogens is 2. The number of benzene rings is 3. The van der Waals surface area contributed by atoms with Gasteiger partial charge in [-0.15, -0.1) is 0 Å². The zero-order valence-corrected chi connectivity index (χ0v) is 28.4. The van der Waals surface area contributed by atoms with Gasteiger partial charge in [-0.3, -0.25) is 8.98 Å². The van der Waals surface area contributed by atoms with Crippen LogP contribution in [-0.2, 0) is 23.8 Å². The van der Waals surface area contributed by atoms with Crippen LogP contribution >= 0.6 is 0 Å². The Balaban J connectivity index is 1.58. The van der Waals surface area contributed by atoms with Crippen LogP contribution < -0.4 is 9.64 Å². The van der Waals surface area contributed by atoms with Gasteiger partial charge in [-0.2, -0.15) is 0 Å². The summed E-state index contributed by atoms with van der Waals surface area (Å²) in [6.45, 7) is 10.4. The highest BCUT2D eigenvalue weighted by atomic mass is 32.3. The van der Waals surface area contributed by atoms with Crippen LogP contribution in [0.5, 0.6) is 11.5 Å². The molecule has 1 heterocycles. The minimum Gasteiger partial charge on any atom is -0.726 e. The van der Waals surface area contributed by atoms with Gasteiger partial charge in [0.05, 0.1) is 31.3 Å². The molecule has 0 radical (unpaired) electrons. The van der Waals surface area contributed by atoms with E-state index in [-0.39, 0.29) is 48.3 Å². The van der Waals surface area contributed by atoms with Crippen LogP contribution in [0.25, 0.3) is 0 Å². The first kappa shape index (κ1) is 35.5. The van der Waals surface area contributed by atoms with Crippen LogP contribution in [-0.4, -0.2) is 45.5 Å². The van der Waals surface area contributed by atoms with Crippen molar-refractivity contribution in [3.63, 3.8) is 0 Å². The zero-order valence-electron chi connectivity index (χ0n) is 26.5. The smallest absolute Gasteiger partial charge is 0.233 e. The predicted molar refractivity (Wildman–Crippen MR) is 171 cm³/mol. The van der Waals surface area contributed by atoms with E-state index in [2.05, 4.69) is 38.0 Å². The zero-order chi connectivity index (χ0) is 33.9. The summed E-state index contributed by atoms with van der Waals surface area (Å²) in [7, 11) is -7.06. The number of amides is 1. The summed E-state index contributed by atoms with van der Waals surface area (Å²) < 4.78 is 75.9. The lowest BCUT2D eigenvalue weighted by Crippen LogP contribution is -2.55. The van der Waals surface area contributed by atoms with E-state index in [4.69, 9.17) is 9.16 Å². The molecule has 1 saturated heterocycles. The fourth-order valence-electron chi connectivity index (χ4n) is 5.18. The largest absolute Gasteiger partial charge is 0.726 e. The number of carbonyl (C=O) groups is 1. The third-order valence-corrected chi connectivity index (χ3v) is 13.6. The molecule has 1 aliphatic heterocycles. The molecular weight excluding hydrogens is 637 g/mol. The van der Waals surface area contributed by atoms with Gasteiger partial charge in [0.15, 0.2) is 8.32 Å². The number of aromatic hydroxyl groups is 1. The highest BCUT2D eigenvalue weighted by Crippen LogP contribution is 2.50. The van der Waals surface area contributed by atoms with Crippen molar-refractivity contribution in [1.82, 2.24) is 0 Å². The van der Waals surface area contributed by atoms with Gasteiger partial charge in [-0.05, 0) is 85.1 Å². The molecule has 3 aromatic rings. The maximum Gasteiger partial charge on any atom is 0.233 e. The number of anilines is 1. The maximum absolute atomic E-state index is 13.8. The van der Waals surface area contributed by atoms with E-state index >= 15 is 0 Å². The molecule has 4 rings (SSSR count). The second-order valence-electron chi connectivity index (χ2n) is 12.9. The van der Waals surface area contributed by atoms with Crippen LogP contribution in [0.1, 0.15) is 63.3 Å².